The summed E-state index contributed by atoms with van der Waals surface area (Å²) in [5.74, 6) is 0.720. The molecule has 0 aliphatic rings. The van der Waals surface area contributed by atoms with Gasteiger partial charge in [0.2, 0.25) is 0 Å². The molecule has 0 saturated heterocycles. The summed E-state index contributed by atoms with van der Waals surface area (Å²) in [5, 5.41) is 23.5. The molecular formula is C11H21N3O2. The number of aliphatic hydroxyl groups excluding tert-OH is 2. The summed E-state index contributed by atoms with van der Waals surface area (Å²) in [6.45, 7) is 5.99. The van der Waals surface area contributed by atoms with E-state index in [0.29, 0.717) is 12.8 Å². The molecule has 2 atom stereocenters. The first kappa shape index (κ1) is 13.1. The standard InChI is InChI=1S/C11H21N3O2/c1-4-5-9(15)10(16)6-11-12-7-13-14(11)8(2)3/h7-10,15-16H,4-6H2,1-3H3. The van der Waals surface area contributed by atoms with Gasteiger partial charge < -0.3 is 10.2 Å². The predicted molar refractivity (Wildman–Crippen MR) is 61.0 cm³/mol. The highest BCUT2D eigenvalue weighted by atomic mass is 16.3. The average molecular weight is 227 g/mol. The Morgan fingerprint density at radius 2 is 2.00 bits per heavy atom. The van der Waals surface area contributed by atoms with E-state index in [-0.39, 0.29) is 6.04 Å². The number of hydrogen-bond donors (Lipinski definition) is 2. The second-order valence-electron chi connectivity index (χ2n) is 4.34. The van der Waals surface area contributed by atoms with Crippen LogP contribution >= 0.6 is 0 Å². The maximum atomic E-state index is 9.80. The zero-order valence-electron chi connectivity index (χ0n) is 10.2. The topological polar surface area (TPSA) is 71.2 Å². The first-order valence-electron chi connectivity index (χ1n) is 5.80. The van der Waals surface area contributed by atoms with Crippen molar-refractivity contribution in [1.82, 2.24) is 14.8 Å². The Morgan fingerprint density at radius 1 is 1.31 bits per heavy atom. The molecule has 1 aromatic rings. The van der Waals surface area contributed by atoms with Gasteiger partial charge in [-0.1, -0.05) is 13.3 Å². The van der Waals surface area contributed by atoms with Gasteiger partial charge in [0.1, 0.15) is 12.2 Å². The zero-order chi connectivity index (χ0) is 12.1. The van der Waals surface area contributed by atoms with Gasteiger partial charge in [-0.05, 0) is 20.3 Å². The molecule has 0 aromatic carbocycles. The zero-order valence-corrected chi connectivity index (χ0v) is 10.2. The van der Waals surface area contributed by atoms with Gasteiger partial charge in [0.15, 0.2) is 0 Å². The van der Waals surface area contributed by atoms with Gasteiger partial charge in [0.25, 0.3) is 0 Å². The summed E-state index contributed by atoms with van der Waals surface area (Å²) >= 11 is 0. The molecule has 1 rings (SSSR count). The highest BCUT2D eigenvalue weighted by Gasteiger charge is 2.19. The summed E-state index contributed by atoms with van der Waals surface area (Å²) in [4.78, 5) is 4.10. The van der Waals surface area contributed by atoms with Gasteiger partial charge in [-0.2, -0.15) is 5.10 Å². The fourth-order valence-electron chi connectivity index (χ4n) is 1.66. The Hall–Kier alpha value is -0.940. The van der Waals surface area contributed by atoms with E-state index in [2.05, 4.69) is 10.1 Å². The van der Waals surface area contributed by atoms with Gasteiger partial charge >= 0.3 is 0 Å². The molecule has 0 aliphatic heterocycles. The number of rotatable bonds is 6. The first-order chi connectivity index (χ1) is 7.56. The SMILES string of the molecule is CCCC(O)C(O)Cc1ncnn1C(C)C. The normalized spacial score (nSPS) is 15.4. The van der Waals surface area contributed by atoms with Gasteiger partial charge in [-0.25, -0.2) is 9.67 Å². The summed E-state index contributed by atoms with van der Waals surface area (Å²) in [6, 6.07) is 0.216. The summed E-state index contributed by atoms with van der Waals surface area (Å²) < 4.78 is 1.77. The Kier molecular flexibility index (Phi) is 4.89. The quantitative estimate of drug-likeness (QED) is 0.758. The molecule has 0 radical (unpaired) electrons. The van der Waals surface area contributed by atoms with Crippen LogP contribution < -0.4 is 0 Å². The molecule has 0 amide bonds. The molecule has 2 N–H and O–H groups in total. The average Bonchev–Trinajstić information content (AvgIpc) is 2.66. The van der Waals surface area contributed by atoms with E-state index in [4.69, 9.17) is 0 Å². The van der Waals surface area contributed by atoms with E-state index in [1.54, 1.807) is 4.68 Å². The fourth-order valence-corrected chi connectivity index (χ4v) is 1.66. The first-order valence-corrected chi connectivity index (χ1v) is 5.80. The van der Waals surface area contributed by atoms with Crippen LogP contribution in [0.4, 0.5) is 0 Å². The van der Waals surface area contributed by atoms with Gasteiger partial charge in [0.05, 0.1) is 12.2 Å². The van der Waals surface area contributed by atoms with Crippen LogP contribution in [0, 0.1) is 0 Å². The van der Waals surface area contributed by atoms with E-state index >= 15 is 0 Å². The summed E-state index contributed by atoms with van der Waals surface area (Å²) in [6.07, 6.45) is 1.85. The molecule has 1 heterocycles. The lowest BCUT2D eigenvalue weighted by atomic mass is 10.1. The van der Waals surface area contributed by atoms with Crippen molar-refractivity contribution in [3.63, 3.8) is 0 Å². The molecule has 92 valence electrons. The van der Waals surface area contributed by atoms with Crippen molar-refractivity contribution in [2.45, 2.75) is 58.3 Å². The van der Waals surface area contributed by atoms with Crippen LogP contribution in [-0.2, 0) is 6.42 Å². The molecule has 1 aromatic heterocycles. The molecule has 0 spiro atoms. The van der Waals surface area contributed by atoms with Crippen LogP contribution in [0.15, 0.2) is 6.33 Å². The maximum absolute atomic E-state index is 9.80. The highest BCUT2D eigenvalue weighted by Crippen LogP contribution is 2.11. The lowest BCUT2D eigenvalue weighted by Crippen LogP contribution is -2.29. The largest absolute Gasteiger partial charge is 0.390 e. The minimum atomic E-state index is -0.762. The van der Waals surface area contributed by atoms with E-state index in [1.165, 1.54) is 6.33 Å². The number of hydrogen-bond acceptors (Lipinski definition) is 4. The molecule has 0 bridgehead atoms. The van der Waals surface area contributed by atoms with Crippen LogP contribution in [0.3, 0.4) is 0 Å². The molecule has 5 heteroatoms. The van der Waals surface area contributed by atoms with Gasteiger partial charge in [-0.3, -0.25) is 0 Å². The molecule has 0 saturated carbocycles. The van der Waals surface area contributed by atoms with Gasteiger partial charge in [-0.15, -0.1) is 0 Å². The summed E-state index contributed by atoms with van der Waals surface area (Å²) in [5.41, 5.74) is 0. The lowest BCUT2D eigenvalue weighted by Gasteiger charge is -2.17. The fraction of sp³-hybridized carbons (Fsp3) is 0.818. The number of aromatic nitrogens is 3. The molecule has 0 fully saturated rings. The van der Waals surface area contributed by atoms with Crippen molar-refractivity contribution >= 4 is 0 Å². The van der Waals surface area contributed by atoms with Gasteiger partial charge in [0, 0.05) is 12.5 Å². The Morgan fingerprint density at radius 3 is 2.56 bits per heavy atom. The van der Waals surface area contributed by atoms with Crippen molar-refractivity contribution in [2.24, 2.45) is 0 Å². The monoisotopic (exact) mass is 227 g/mol. The van der Waals surface area contributed by atoms with E-state index in [0.717, 1.165) is 12.2 Å². The maximum Gasteiger partial charge on any atom is 0.138 e. The minimum absolute atomic E-state index is 0.216. The van der Waals surface area contributed by atoms with Crippen molar-refractivity contribution in [1.29, 1.82) is 0 Å². The summed E-state index contributed by atoms with van der Waals surface area (Å²) in [7, 11) is 0. The molecule has 5 nitrogen and oxygen atoms in total. The Balaban J connectivity index is 2.62. The number of nitrogens with zero attached hydrogens (tertiary/aromatic N) is 3. The third kappa shape index (κ3) is 3.28. The van der Waals surface area contributed by atoms with Crippen LogP contribution in [0.5, 0.6) is 0 Å². The second kappa shape index (κ2) is 5.96. The van der Waals surface area contributed by atoms with Crippen molar-refractivity contribution in [2.75, 3.05) is 0 Å². The van der Waals surface area contributed by atoms with Crippen molar-refractivity contribution < 1.29 is 10.2 Å². The lowest BCUT2D eigenvalue weighted by molar-refractivity contribution is 0.0130. The second-order valence-corrected chi connectivity index (χ2v) is 4.34. The molecular weight excluding hydrogens is 206 g/mol. The predicted octanol–water partition coefficient (Wildman–Crippen LogP) is 0.923. The Labute approximate surface area is 96.1 Å². The molecule has 0 aliphatic carbocycles. The third-order valence-electron chi connectivity index (χ3n) is 2.56. The molecule has 2 unspecified atom stereocenters. The highest BCUT2D eigenvalue weighted by molar-refractivity contribution is 4.90. The van der Waals surface area contributed by atoms with Crippen LogP contribution in [0.2, 0.25) is 0 Å². The van der Waals surface area contributed by atoms with Crippen molar-refractivity contribution in [3.8, 4) is 0 Å². The van der Waals surface area contributed by atoms with Crippen LogP contribution in [-0.4, -0.2) is 37.2 Å². The van der Waals surface area contributed by atoms with E-state index in [1.807, 2.05) is 20.8 Å². The van der Waals surface area contributed by atoms with Crippen LogP contribution in [0.1, 0.15) is 45.5 Å². The smallest absolute Gasteiger partial charge is 0.138 e. The van der Waals surface area contributed by atoms with E-state index < -0.39 is 12.2 Å². The van der Waals surface area contributed by atoms with Crippen molar-refractivity contribution in [3.05, 3.63) is 12.2 Å². The third-order valence-corrected chi connectivity index (χ3v) is 2.56. The molecule has 16 heavy (non-hydrogen) atoms. The Bertz CT molecular complexity index is 312. The van der Waals surface area contributed by atoms with Crippen LogP contribution in [0.25, 0.3) is 0 Å². The van der Waals surface area contributed by atoms with E-state index in [9.17, 15) is 10.2 Å². The number of aliphatic hydroxyl groups is 2. The minimum Gasteiger partial charge on any atom is -0.390 e.